The van der Waals surface area contributed by atoms with E-state index in [0.717, 1.165) is 23.4 Å². The van der Waals surface area contributed by atoms with Crippen LogP contribution in [0.4, 0.5) is 5.82 Å². The quantitative estimate of drug-likeness (QED) is 0.786. The first kappa shape index (κ1) is 12.1. The largest absolute Gasteiger partial charge is 0.370 e. The van der Waals surface area contributed by atoms with E-state index in [-0.39, 0.29) is 12.2 Å². The maximum atomic E-state index is 5.85. The Morgan fingerprint density at radius 3 is 3.12 bits per heavy atom. The molecule has 0 aliphatic carbocycles. The molecule has 5 heteroatoms. The van der Waals surface area contributed by atoms with Crippen LogP contribution >= 0.6 is 27.5 Å². The topological polar surface area (TPSA) is 25.4 Å². The molecule has 3 nitrogen and oxygen atoms in total. The minimum absolute atomic E-state index is 0.0827. The molecule has 2 atom stereocenters. The van der Waals surface area contributed by atoms with Crippen LogP contribution in [0.3, 0.4) is 0 Å². The second kappa shape index (κ2) is 5.34. The van der Waals surface area contributed by atoms with Crippen molar-refractivity contribution in [3.05, 3.63) is 22.8 Å². The molecule has 2 rings (SSSR count). The third kappa shape index (κ3) is 2.67. The maximum absolute atomic E-state index is 5.85. The molecule has 1 fully saturated rings. The molecule has 1 saturated heterocycles. The number of pyridine rings is 1. The highest BCUT2D eigenvalue weighted by molar-refractivity contribution is 9.10. The zero-order chi connectivity index (χ0) is 11.5. The number of halogens is 2. The van der Waals surface area contributed by atoms with Crippen LogP contribution in [0.1, 0.15) is 6.92 Å². The van der Waals surface area contributed by atoms with Gasteiger partial charge in [-0.2, -0.15) is 0 Å². The fraction of sp³-hybridized carbons (Fsp3) is 0.545. The van der Waals surface area contributed by atoms with Gasteiger partial charge in [0.05, 0.1) is 22.6 Å². The van der Waals surface area contributed by atoms with E-state index in [4.69, 9.17) is 16.3 Å². The zero-order valence-corrected chi connectivity index (χ0v) is 11.4. The van der Waals surface area contributed by atoms with Crippen molar-refractivity contribution >= 4 is 33.3 Å². The van der Waals surface area contributed by atoms with Gasteiger partial charge in [-0.1, -0.05) is 0 Å². The Kier molecular flexibility index (Phi) is 4.05. The average molecular weight is 306 g/mol. The number of rotatable bonds is 2. The molecule has 1 aromatic heterocycles. The van der Waals surface area contributed by atoms with Crippen LogP contribution in [-0.2, 0) is 4.74 Å². The lowest BCUT2D eigenvalue weighted by Gasteiger charge is -2.37. The van der Waals surface area contributed by atoms with Crippen molar-refractivity contribution in [2.75, 3.05) is 23.9 Å². The third-order valence-electron chi connectivity index (χ3n) is 2.54. The standard InChI is InChI=1S/C11H14BrClN2O/c1-8-6-15(7-9(5-13)16-8)11-10(12)3-2-4-14-11/h2-4,8-9H,5-7H2,1H3. The summed E-state index contributed by atoms with van der Waals surface area (Å²) in [6, 6.07) is 3.91. The van der Waals surface area contributed by atoms with E-state index in [1.54, 1.807) is 6.20 Å². The van der Waals surface area contributed by atoms with Crippen LogP contribution in [0, 0.1) is 0 Å². The minimum atomic E-state index is 0.0827. The molecule has 2 unspecified atom stereocenters. The van der Waals surface area contributed by atoms with E-state index < -0.39 is 0 Å². The van der Waals surface area contributed by atoms with E-state index in [2.05, 4.69) is 32.7 Å². The summed E-state index contributed by atoms with van der Waals surface area (Å²) in [6.45, 7) is 3.70. The van der Waals surface area contributed by atoms with Crippen molar-refractivity contribution in [2.24, 2.45) is 0 Å². The molecule has 2 heterocycles. The van der Waals surface area contributed by atoms with Gasteiger partial charge in [0, 0.05) is 19.3 Å². The fourth-order valence-corrected chi connectivity index (χ4v) is 2.59. The fourth-order valence-electron chi connectivity index (χ4n) is 1.91. The number of alkyl halides is 1. The summed E-state index contributed by atoms with van der Waals surface area (Å²) >= 11 is 9.37. The van der Waals surface area contributed by atoms with Crippen molar-refractivity contribution in [2.45, 2.75) is 19.1 Å². The van der Waals surface area contributed by atoms with Gasteiger partial charge in [-0.05, 0) is 35.0 Å². The lowest BCUT2D eigenvalue weighted by atomic mass is 10.2. The highest BCUT2D eigenvalue weighted by atomic mass is 79.9. The van der Waals surface area contributed by atoms with Crippen molar-refractivity contribution in [3.8, 4) is 0 Å². The van der Waals surface area contributed by atoms with Gasteiger partial charge in [-0.25, -0.2) is 4.98 Å². The van der Waals surface area contributed by atoms with Crippen LogP contribution in [0.15, 0.2) is 22.8 Å². The van der Waals surface area contributed by atoms with E-state index in [1.165, 1.54) is 0 Å². The molecule has 0 amide bonds. The lowest BCUT2D eigenvalue weighted by molar-refractivity contribution is -0.00361. The van der Waals surface area contributed by atoms with Crippen LogP contribution in [0.2, 0.25) is 0 Å². The molecule has 88 valence electrons. The van der Waals surface area contributed by atoms with Gasteiger partial charge in [0.2, 0.25) is 0 Å². The summed E-state index contributed by atoms with van der Waals surface area (Å²) in [5.74, 6) is 1.48. The van der Waals surface area contributed by atoms with Gasteiger partial charge in [0.1, 0.15) is 5.82 Å². The Hall–Kier alpha value is -0.320. The summed E-state index contributed by atoms with van der Waals surface area (Å²) in [6.07, 6.45) is 2.07. The lowest BCUT2D eigenvalue weighted by Crippen LogP contribution is -2.47. The van der Waals surface area contributed by atoms with Gasteiger partial charge >= 0.3 is 0 Å². The minimum Gasteiger partial charge on any atom is -0.370 e. The van der Waals surface area contributed by atoms with Crippen LogP contribution < -0.4 is 4.90 Å². The molecule has 16 heavy (non-hydrogen) atoms. The number of morpholine rings is 1. The van der Waals surface area contributed by atoms with E-state index in [0.29, 0.717) is 5.88 Å². The summed E-state index contributed by atoms with van der Waals surface area (Å²) in [7, 11) is 0. The predicted molar refractivity (Wildman–Crippen MR) is 69.2 cm³/mol. The van der Waals surface area contributed by atoms with E-state index in [1.807, 2.05) is 12.1 Å². The summed E-state index contributed by atoms with van der Waals surface area (Å²) in [5, 5.41) is 0. The number of hydrogen-bond acceptors (Lipinski definition) is 3. The first-order valence-corrected chi connectivity index (χ1v) is 6.60. The smallest absolute Gasteiger partial charge is 0.143 e. The van der Waals surface area contributed by atoms with Gasteiger partial charge in [0.25, 0.3) is 0 Å². The number of hydrogen-bond donors (Lipinski definition) is 0. The number of aromatic nitrogens is 1. The predicted octanol–water partition coefficient (Wildman–Crippen LogP) is 2.68. The molecule has 1 aliphatic heterocycles. The normalized spacial score (nSPS) is 25.8. The van der Waals surface area contributed by atoms with E-state index >= 15 is 0 Å². The molecule has 0 aromatic carbocycles. The number of nitrogens with zero attached hydrogens (tertiary/aromatic N) is 2. The third-order valence-corrected chi connectivity index (χ3v) is 3.50. The highest BCUT2D eigenvalue weighted by Crippen LogP contribution is 2.26. The number of ether oxygens (including phenoxy) is 1. The summed E-state index contributed by atoms with van der Waals surface area (Å²) < 4.78 is 6.72. The van der Waals surface area contributed by atoms with Crippen LogP contribution in [0.5, 0.6) is 0 Å². The molecular formula is C11H14BrClN2O. The van der Waals surface area contributed by atoms with Crippen molar-refractivity contribution in [3.63, 3.8) is 0 Å². The van der Waals surface area contributed by atoms with Crippen molar-refractivity contribution in [1.82, 2.24) is 4.98 Å². The monoisotopic (exact) mass is 304 g/mol. The van der Waals surface area contributed by atoms with Crippen LogP contribution in [0.25, 0.3) is 0 Å². The summed E-state index contributed by atoms with van der Waals surface area (Å²) in [5.41, 5.74) is 0. The van der Waals surface area contributed by atoms with Gasteiger partial charge in [-0.3, -0.25) is 0 Å². The second-order valence-corrected chi connectivity index (χ2v) is 5.10. The zero-order valence-electron chi connectivity index (χ0n) is 9.07. The Morgan fingerprint density at radius 1 is 1.62 bits per heavy atom. The summed E-state index contributed by atoms with van der Waals surface area (Å²) in [4.78, 5) is 6.60. The molecular weight excluding hydrogens is 291 g/mol. The van der Waals surface area contributed by atoms with Crippen molar-refractivity contribution < 1.29 is 4.74 Å². The van der Waals surface area contributed by atoms with Gasteiger partial charge in [-0.15, -0.1) is 11.6 Å². The Bertz CT molecular complexity index is 364. The molecule has 0 spiro atoms. The average Bonchev–Trinajstić information content (AvgIpc) is 2.28. The molecule has 0 saturated carbocycles. The molecule has 0 radical (unpaired) electrons. The maximum Gasteiger partial charge on any atom is 0.143 e. The molecule has 1 aromatic rings. The van der Waals surface area contributed by atoms with Gasteiger partial charge in [0.15, 0.2) is 0 Å². The number of anilines is 1. The molecule has 0 N–H and O–H groups in total. The highest BCUT2D eigenvalue weighted by Gasteiger charge is 2.26. The van der Waals surface area contributed by atoms with Gasteiger partial charge < -0.3 is 9.64 Å². The SMILES string of the molecule is CC1CN(c2ncccc2Br)CC(CCl)O1. The van der Waals surface area contributed by atoms with Crippen LogP contribution in [-0.4, -0.2) is 36.2 Å². The van der Waals surface area contributed by atoms with Crippen molar-refractivity contribution in [1.29, 1.82) is 0 Å². The Labute approximate surface area is 109 Å². The Balaban J connectivity index is 2.17. The first-order valence-electron chi connectivity index (χ1n) is 5.27. The first-order chi connectivity index (χ1) is 7.70. The molecule has 1 aliphatic rings. The Morgan fingerprint density at radius 2 is 2.44 bits per heavy atom. The molecule has 0 bridgehead atoms. The second-order valence-electron chi connectivity index (χ2n) is 3.94. The van der Waals surface area contributed by atoms with E-state index in [9.17, 15) is 0 Å².